The highest BCUT2D eigenvalue weighted by Gasteiger charge is 2.13. The number of ether oxygens (including phenoxy) is 1. The molecular weight excluding hydrogens is 438 g/mol. The van der Waals surface area contributed by atoms with Gasteiger partial charge in [-0.1, -0.05) is 60.7 Å². The Bertz CT molecular complexity index is 1260. The Labute approximate surface area is 209 Å². The molecule has 2 N–H and O–H groups in total. The molecule has 1 aromatic heterocycles. The number of aliphatic carboxylic acids is 1. The first-order chi connectivity index (χ1) is 17.9. The van der Waals surface area contributed by atoms with Gasteiger partial charge in [0.05, 0.1) is 15.5 Å². The van der Waals surface area contributed by atoms with Crippen LogP contribution in [-0.2, 0) is 17.8 Å². The van der Waals surface area contributed by atoms with Crippen molar-refractivity contribution in [3.63, 3.8) is 0 Å². The Morgan fingerprint density at radius 2 is 1.71 bits per heavy atom. The Kier molecular flexibility index (Phi) is 7.62. The van der Waals surface area contributed by atoms with Gasteiger partial charge in [0.15, 0.2) is 0 Å². The zero-order valence-corrected chi connectivity index (χ0v) is 19.6. The second kappa shape index (κ2) is 12.4. The number of unbranched alkanes of at least 4 members (excludes halogenated alkanes) is 2. The van der Waals surface area contributed by atoms with Crippen molar-refractivity contribution in [2.75, 3.05) is 11.5 Å². The van der Waals surface area contributed by atoms with Gasteiger partial charge in [-0.05, 0) is 48.6 Å². The van der Waals surface area contributed by atoms with Crippen molar-refractivity contribution in [2.45, 2.75) is 38.7 Å². The minimum atomic E-state index is -1.79. The van der Waals surface area contributed by atoms with Gasteiger partial charge in [0.1, 0.15) is 5.75 Å². The fourth-order valence-corrected chi connectivity index (χ4v) is 3.79. The van der Waals surface area contributed by atoms with E-state index in [1.54, 1.807) is 23.2 Å². The van der Waals surface area contributed by atoms with Crippen LogP contribution in [0, 0.1) is 0 Å². The van der Waals surface area contributed by atoms with Gasteiger partial charge in [0.2, 0.25) is 0 Å². The van der Waals surface area contributed by atoms with Crippen LogP contribution in [0.4, 0.5) is 5.69 Å². The number of benzene rings is 3. The summed E-state index contributed by atoms with van der Waals surface area (Å²) >= 11 is 0. The zero-order chi connectivity index (χ0) is 26.1. The molecule has 180 valence electrons. The summed E-state index contributed by atoms with van der Waals surface area (Å²) in [6.07, 6.45) is 5.90. The maximum Gasteiger partial charge on any atom is 0.303 e. The molecule has 0 aliphatic carbocycles. The molecule has 0 amide bonds. The van der Waals surface area contributed by atoms with Gasteiger partial charge in [-0.15, -0.1) is 0 Å². The molecule has 3 aromatic carbocycles. The predicted molar refractivity (Wildman–Crippen MR) is 138 cm³/mol. The molecule has 4 rings (SSSR count). The van der Waals surface area contributed by atoms with Crippen molar-refractivity contribution < 1.29 is 17.4 Å². The molecule has 0 spiro atoms. The van der Waals surface area contributed by atoms with Gasteiger partial charge in [0.25, 0.3) is 0 Å². The maximum atomic E-state index is 10.7. The fraction of sp³-hybridized carbons (Fsp3) is 0.241. The molecule has 35 heavy (non-hydrogen) atoms. The average molecular weight is 472 g/mol. The van der Waals surface area contributed by atoms with Gasteiger partial charge in [-0.25, -0.2) is 0 Å². The van der Waals surface area contributed by atoms with Gasteiger partial charge in [-0.3, -0.25) is 9.89 Å². The highest BCUT2D eigenvalue weighted by molar-refractivity contribution is 5.66. The van der Waals surface area contributed by atoms with Crippen LogP contribution in [0.15, 0.2) is 91.3 Å². The third kappa shape index (κ3) is 7.21. The van der Waals surface area contributed by atoms with E-state index < -0.39 is 12.5 Å². The highest BCUT2D eigenvalue weighted by Crippen LogP contribution is 2.28. The number of carboxylic acids is 1. The molecule has 6 nitrogen and oxygen atoms in total. The van der Waals surface area contributed by atoms with Crippen molar-refractivity contribution >= 4 is 11.7 Å². The van der Waals surface area contributed by atoms with Gasteiger partial charge >= 0.3 is 5.97 Å². The van der Waals surface area contributed by atoms with Crippen molar-refractivity contribution in [1.82, 2.24) is 10.2 Å². The second-order valence-corrected chi connectivity index (χ2v) is 8.26. The number of H-pyrrole nitrogens is 1. The first-order valence-corrected chi connectivity index (χ1v) is 11.8. The Morgan fingerprint density at radius 3 is 2.46 bits per heavy atom. The average Bonchev–Trinajstić information content (AvgIpc) is 3.45. The van der Waals surface area contributed by atoms with Crippen LogP contribution < -0.4 is 9.64 Å². The molecule has 0 radical (unpaired) electrons. The summed E-state index contributed by atoms with van der Waals surface area (Å²) in [5.74, 6) is -0.0820. The molecule has 0 aliphatic rings. The number of carboxylic acid groups (broad SMARTS) is 1. The third-order valence-corrected chi connectivity index (χ3v) is 5.64. The lowest BCUT2D eigenvalue weighted by Crippen LogP contribution is -2.22. The number of rotatable bonds is 13. The van der Waals surface area contributed by atoms with E-state index in [1.165, 1.54) is 0 Å². The van der Waals surface area contributed by atoms with Crippen molar-refractivity contribution in [3.05, 3.63) is 102 Å². The number of aromatic nitrogens is 2. The van der Waals surface area contributed by atoms with E-state index in [0.29, 0.717) is 30.9 Å². The number of anilines is 1. The second-order valence-electron chi connectivity index (χ2n) is 8.26. The zero-order valence-electron chi connectivity index (χ0n) is 21.6. The minimum absolute atomic E-state index is 0.166. The molecule has 0 unspecified atom stereocenters. The summed E-state index contributed by atoms with van der Waals surface area (Å²) in [5, 5.41) is 15.6. The SMILES string of the molecule is [2H]C([2H])(c1ccccc1)N(Cc1ccccc1OCCCCCC(=O)O)c1ccc(-c2cn[nH]c2)cc1. The lowest BCUT2D eigenvalue weighted by molar-refractivity contribution is -0.137. The topological polar surface area (TPSA) is 78.4 Å². The standard InChI is InChI=1S/C29H31N3O3/c33-29(34)13-5-2-8-18-35-28-12-7-6-11-25(28)22-32(21-23-9-3-1-4-10-23)27-16-14-24(15-17-27)26-19-30-31-20-26/h1,3-4,6-7,9-12,14-17,19-20H,2,5,8,13,18,21-22H2,(H,30,31)(H,33,34)/i21D2. The molecule has 0 bridgehead atoms. The minimum Gasteiger partial charge on any atom is -0.493 e. The summed E-state index contributed by atoms with van der Waals surface area (Å²) in [6, 6.07) is 24.6. The molecule has 0 fully saturated rings. The molecular formula is C29H31N3O3. The van der Waals surface area contributed by atoms with Crippen LogP contribution in [0.3, 0.4) is 0 Å². The maximum absolute atomic E-state index is 10.7. The van der Waals surface area contributed by atoms with E-state index >= 15 is 0 Å². The highest BCUT2D eigenvalue weighted by atomic mass is 16.5. The lowest BCUT2D eigenvalue weighted by Gasteiger charge is -2.26. The van der Waals surface area contributed by atoms with Crippen LogP contribution in [-0.4, -0.2) is 27.9 Å². The first-order valence-electron chi connectivity index (χ1n) is 12.8. The Balaban J connectivity index is 1.57. The monoisotopic (exact) mass is 471 g/mol. The van der Waals surface area contributed by atoms with E-state index in [4.69, 9.17) is 12.6 Å². The van der Waals surface area contributed by atoms with E-state index in [2.05, 4.69) is 10.2 Å². The first kappa shape index (κ1) is 21.5. The van der Waals surface area contributed by atoms with Gasteiger partial charge < -0.3 is 14.7 Å². The van der Waals surface area contributed by atoms with Crippen LogP contribution in [0.25, 0.3) is 11.1 Å². The van der Waals surface area contributed by atoms with Crippen LogP contribution in [0.2, 0.25) is 0 Å². The van der Waals surface area contributed by atoms with Crippen LogP contribution in [0.5, 0.6) is 5.75 Å². The summed E-state index contributed by atoms with van der Waals surface area (Å²) in [4.78, 5) is 12.5. The quantitative estimate of drug-likeness (QED) is 0.224. The van der Waals surface area contributed by atoms with Crippen molar-refractivity contribution in [1.29, 1.82) is 0 Å². The molecule has 0 saturated carbocycles. The Morgan fingerprint density at radius 1 is 0.943 bits per heavy atom. The van der Waals surface area contributed by atoms with Crippen molar-refractivity contribution in [3.8, 4) is 16.9 Å². The number of nitrogens with zero attached hydrogens (tertiary/aromatic N) is 2. The molecule has 0 atom stereocenters. The van der Waals surface area contributed by atoms with E-state index in [9.17, 15) is 4.79 Å². The number of carbonyl (C=O) groups is 1. The number of aromatic amines is 1. The van der Waals surface area contributed by atoms with Gasteiger partial charge in [-0.2, -0.15) is 5.10 Å². The van der Waals surface area contributed by atoms with E-state index in [1.807, 2.05) is 72.9 Å². The number of hydrogen-bond acceptors (Lipinski definition) is 4. The molecule has 6 heteroatoms. The summed E-state index contributed by atoms with van der Waals surface area (Å²) in [6.45, 7) is -1.02. The fourth-order valence-electron chi connectivity index (χ4n) is 3.79. The smallest absolute Gasteiger partial charge is 0.303 e. The molecule has 1 heterocycles. The van der Waals surface area contributed by atoms with Crippen LogP contribution in [0.1, 0.15) is 39.6 Å². The van der Waals surface area contributed by atoms with Gasteiger partial charge in [0, 0.05) is 42.5 Å². The summed E-state index contributed by atoms with van der Waals surface area (Å²) < 4.78 is 24.3. The van der Waals surface area contributed by atoms with E-state index in [-0.39, 0.29) is 6.42 Å². The largest absolute Gasteiger partial charge is 0.493 e. The lowest BCUT2D eigenvalue weighted by atomic mass is 10.1. The number of nitrogens with one attached hydrogen (secondary N) is 1. The summed E-state index contributed by atoms with van der Waals surface area (Å²) in [5.41, 5.74) is 4.12. The Hall–Kier alpha value is -4.06. The third-order valence-electron chi connectivity index (χ3n) is 5.64. The normalized spacial score (nSPS) is 12.0. The molecule has 0 aliphatic heterocycles. The van der Waals surface area contributed by atoms with Crippen molar-refractivity contribution in [2.24, 2.45) is 0 Å². The molecule has 4 aromatic rings. The predicted octanol–water partition coefficient (Wildman–Crippen LogP) is 6.31. The molecule has 0 saturated heterocycles. The number of hydrogen-bond donors (Lipinski definition) is 2. The summed E-state index contributed by atoms with van der Waals surface area (Å²) in [7, 11) is 0. The number of para-hydroxylation sites is 1. The van der Waals surface area contributed by atoms with E-state index in [0.717, 1.165) is 35.2 Å². The van der Waals surface area contributed by atoms with Crippen LogP contribution >= 0.6 is 0 Å².